The van der Waals surface area contributed by atoms with Crippen LogP contribution >= 0.6 is 31.9 Å². The van der Waals surface area contributed by atoms with Gasteiger partial charge in [-0.05, 0) is 57.3 Å². The Bertz CT molecular complexity index is 333. The lowest BCUT2D eigenvalue weighted by Crippen LogP contribution is -2.15. The molecule has 0 radical (unpaired) electrons. The van der Waals surface area contributed by atoms with E-state index in [0.717, 1.165) is 29.6 Å². The van der Waals surface area contributed by atoms with Crippen LogP contribution in [-0.4, -0.2) is 12.5 Å². The number of unbranched alkanes of at least 4 members (excludes halogenated alkanes) is 1. The molecule has 1 heterocycles. The average Bonchev–Trinajstić information content (AvgIpc) is 2.52. The second kappa shape index (κ2) is 7.09. The zero-order chi connectivity index (χ0) is 12.0. The maximum atomic E-state index is 10.5. The predicted octanol–water partition coefficient (Wildman–Crippen LogP) is 2.55. The molecular formula is C10H14Br2N2O2. The molecule has 4 nitrogen and oxygen atoms in total. The summed E-state index contributed by atoms with van der Waals surface area (Å²) in [6.07, 6.45) is 2.22. The number of rotatable bonds is 7. The fourth-order valence-corrected chi connectivity index (χ4v) is 1.90. The summed E-state index contributed by atoms with van der Waals surface area (Å²) in [5.41, 5.74) is 5.03. The van der Waals surface area contributed by atoms with E-state index in [-0.39, 0.29) is 5.91 Å². The summed E-state index contributed by atoms with van der Waals surface area (Å²) < 4.78 is 7.01. The molecule has 3 N–H and O–H groups in total. The lowest BCUT2D eigenvalue weighted by molar-refractivity contribution is -0.118. The first-order valence-electron chi connectivity index (χ1n) is 5.02. The Kier molecular flexibility index (Phi) is 6.08. The van der Waals surface area contributed by atoms with Crippen LogP contribution in [0.3, 0.4) is 0 Å². The molecule has 0 saturated carbocycles. The van der Waals surface area contributed by atoms with Crippen LogP contribution in [0.5, 0.6) is 0 Å². The van der Waals surface area contributed by atoms with Gasteiger partial charge in [0.15, 0.2) is 4.67 Å². The molecule has 6 heteroatoms. The van der Waals surface area contributed by atoms with E-state index in [9.17, 15) is 4.79 Å². The third kappa shape index (κ3) is 5.14. The fraction of sp³-hybridized carbons (Fsp3) is 0.500. The minimum atomic E-state index is -0.237. The van der Waals surface area contributed by atoms with Crippen LogP contribution in [0.4, 0.5) is 0 Å². The molecule has 90 valence electrons. The van der Waals surface area contributed by atoms with Crippen LogP contribution in [-0.2, 0) is 11.3 Å². The van der Waals surface area contributed by atoms with E-state index in [2.05, 4.69) is 37.2 Å². The van der Waals surface area contributed by atoms with E-state index in [0.29, 0.717) is 17.6 Å². The second-order valence-electron chi connectivity index (χ2n) is 3.43. The molecule has 0 unspecified atom stereocenters. The van der Waals surface area contributed by atoms with Crippen molar-refractivity contribution >= 4 is 37.8 Å². The van der Waals surface area contributed by atoms with Crippen molar-refractivity contribution in [3.63, 3.8) is 0 Å². The number of halogens is 2. The van der Waals surface area contributed by atoms with Crippen molar-refractivity contribution in [3.8, 4) is 0 Å². The Morgan fingerprint density at radius 1 is 1.44 bits per heavy atom. The molecule has 0 aromatic carbocycles. The Hall–Kier alpha value is -0.330. The van der Waals surface area contributed by atoms with Crippen LogP contribution in [0.2, 0.25) is 0 Å². The van der Waals surface area contributed by atoms with Gasteiger partial charge in [0.25, 0.3) is 0 Å². The first-order valence-corrected chi connectivity index (χ1v) is 6.61. The monoisotopic (exact) mass is 352 g/mol. The number of hydrogen-bond donors (Lipinski definition) is 2. The van der Waals surface area contributed by atoms with Crippen molar-refractivity contribution in [3.05, 3.63) is 21.0 Å². The Morgan fingerprint density at radius 3 is 2.75 bits per heavy atom. The summed E-state index contributed by atoms with van der Waals surface area (Å²) in [7, 11) is 0. The molecule has 0 atom stereocenters. The number of hydrogen-bond acceptors (Lipinski definition) is 3. The van der Waals surface area contributed by atoms with Crippen molar-refractivity contribution in [2.75, 3.05) is 6.54 Å². The molecule has 1 aromatic rings. The van der Waals surface area contributed by atoms with Crippen LogP contribution in [0.25, 0.3) is 0 Å². The standard InChI is InChI=1S/C10H14Br2N2O2/c11-8-5-7(16-10(8)12)6-14-4-2-1-3-9(13)15/h5,14H,1-4,6H2,(H2,13,15). The fourth-order valence-electron chi connectivity index (χ4n) is 1.24. The zero-order valence-corrected chi connectivity index (χ0v) is 11.9. The molecule has 0 spiro atoms. The van der Waals surface area contributed by atoms with Crippen LogP contribution in [0, 0.1) is 0 Å². The maximum Gasteiger partial charge on any atom is 0.217 e. The van der Waals surface area contributed by atoms with E-state index in [1.165, 1.54) is 0 Å². The summed E-state index contributed by atoms with van der Waals surface area (Å²) in [6.45, 7) is 1.53. The topological polar surface area (TPSA) is 68.3 Å². The molecule has 1 amide bonds. The van der Waals surface area contributed by atoms with Crippen molar-refractivity contribution < 1.29 is 9.21 Å². The first-order chi connectivity index (χ1) is 7.59. The molecule has 0 fully saturated rings. The number of furan rings is 1. The number of carbonyl (C=O) groups excluding carboxylic acids is 1. The maximum absolute atomic E-state index is 10.5. The van der Waals surface area contributed by atoms with Crippen molar-refractivity contribution in [1.29, 1.82) is 0 Å². The van der Waals surface area contributed by atoms with Crippen molar-refractivity contribution in [2.45, 2.75) is 25.8 Å². The highest BCUT2D eigenvalue weighted by molar-refractivity contribution is 9.13. The van der Waals surface area contributed by atoms with Gasteiger partial charge in [0.2, 0.25) is 5.91 Å². The van der Waals surface area contributed by atoms with Gasteiger partial charge in [-0.15, -0.1) is 0 Å². The average molecular weight is 354 g/mol. The number of primary amides is 1. The highest BCUT2D eigenvalue weighted by Crippen LogP contribution is 2.26. The number of carbonyl (C=O) groups is 1. The van der Waals surface area contributed by atoms with E-state index in [4.69, 9.17) is 10.2 Å². The zero-order valence-electron chi connectivity index (χ0n) is 8.76. The van der Waals surface area contributed by atoms with Crippen molar-refractivity contribution in [2.24, 2.45) is 5.73 Å². The second-order valence-corrected chi connectivity index (χ2v) is 5.01. The highest BCUT2D eigenvalue weighted by atomic mass is 79.9. The summed E-state index contributed by atoms with van der Waals surface area (Å²) >= 11 is 6.62. The van der Waals surface area contributed by atoms with Crippen LogP contribution in [0.15, 0.2) is 19.6 Å². The van der Waals surface area contributed by atoms with Gasteiger partial charge in [-0.1, -0.05) is 0 Å². The minimum absolute atomic E-state index is 0.237. The smallest absolute Gasteiger partial charge is 0.217 e. The highest BCUT2D eigenvalue weighted by Gasteiger charge is 2.04. The minimum Gasteiger partial charge on any atom is -0.452 e. The molecular weight excluding hydrogens is 340 g/mol. The summed E-state index contributed by atoms with van der Waals surface area (Å²) in [6, 6.07) is 1.92. The van der Waals surface area contributed by atoms with Gasteiger partial charge in [-0.25, -0.2) is 0 Å². The summed E-state index contributed by atoms with van der Waals surface area (Å²) in [4.78, 5) is 10.5. The molecule has 0 aliphatic carbocycles. The quantitative estimate of drug-likeness (QED) is 0.740. The van der Waals surface area contributed by atoms with E-state index < -0.39 is 0 Å². The van der Waals surface area contributed by atoms with Crippen LogP contribution < -0.4 is 11.1 Å². The lowest BCUT2D eigenvalue weighted by atomic mass is 10.2. The molecule has 0 bridgehead atoms. The Balaban J connectivity index is 2.09. The first kappa shape index (κ1) is 13.7. The van der Waals surface area contributed by atoms with Gasteiger partial charge in [0.1, 0.15) is 5.76 Å². The Labute approximate surface area is 111 Å². The van der Waals surface area contributed by atoms with E-state index >= 15 is 0 Å². The van der Waals surface area contributed by atoms with Gasteiger partial charge < -0.3 is 15.5 Å². The predicted molar refractivity (Wildman–Crippen MR) is 68.9 cm³/mol. The van der Waals surface area contributed by atoms with Gasteiger partial charge in [0, 0.05) is 6.42 Å². The molecule has 1 rings (SSSR count). The SMILES string of the molecule is NC(=O)CCCCNCc1cc(Br)c(Br)o1. The summed E-state index contributed by atoms with van der Waals surface area (Å²) in [5.74, 6) is 0.632. The van der Waals surface area contributed by atoms with Gasteiger partial charge in [-0.3, -0.25) is 4.79 Å². The van der Waals surface area contributed by atoms with E-state index in [1.807, 2.05) is 6.07 Å². The molecule has 0 aliphatic rings. The number of amides is 1. The third-order valence-corrected chi connectivity index (χ3v) is 3.73. The molecule has 0 aliphatic heterocycles. The van der Waals surface area contributed by atoms with Crippen LogP contribution in [0.1, 0.15) is 25.0 Å². The van der Waals surface area contributed by atoms with Gasteiger partial charge in [0.05, 0.1) is 11.0 Å². The normalized spacial score (nSPS) is 10.6. The largest absolute Gasteiger partial charge is 0.452 e. The van der Waals surface area contributed by atoms with E-state index in [1.54, 1.807) is 0 Å². The van der Waals surface area contributed by atoms with Crippen molar-refractivity contribution in [1.82, 2.24) is 5.32 Å². The van der Waals surface area contributed by atoms with Gasteiger partial charge >= 0.3 is 0 Å². The molecule has 0 saturated heterocycles. The van der Waals surface area contributed by atoms with Gasteiger partial charge in [-0.2, -0.15) is 0 Å². The third-order valence-electron chi connectivity index (χ3n) is 2.02. The lowest BCUT2D eigenvalue weighted by Gasteiger charge is -2.01. The number of nitrogens with two attached hydrogens (primary N) is 1. The molecule has 16 heavy (non-hydrogen) atoms. The Morgan fingerprint density at radius 2 is 2.19 bits per heavy atom. The number of nitrogens with one attached hydrogen (secondary N) is 1. The summed E-state index contributed by atoms with van der Waals surface area (Å²) in [5, 5.41) is 3.23. The molecule has 1 aromatic heterocycles.